The largest absolute Gasteiger partial charge is 0.394 e. The molecule has 2 saturated heterocycles. The number of likely N-dealkylation sites (tertiary alicyclic amines) is 1. The minimum atomic E-state index is -0.351. The molecular formula is C16H19ClN2O3. The van der Waals surface area contributed by atoms with Gasteiger partial charge >= 0.3 is 0 Å². The monoisotopic (exact) mass is 322 g/mol. The van der Waals surface area contributed by atoms with Crippen LogP contribution in [0.15, 0.2) is 24.3 Å². The molecule has 2 heterocycles. The van der Waals surface area contributed by atoms with Gasteiger partial charge in [0.05, 0.1) is 29.3 Å². The standard InChI is InChI=1S/C16H19ClN2O3/c17-13-5-1-2-6-14(13)19-9-11(8-15(19)21)16(22)18-7-3-4-12(18)10-20/h1-2,5-6,11-12,20H,3-4,7-10H2/t11?,12-/m1/s1. The first-order valence-electron chi connectivity index (χ1n) is 7.58. The van der Waals surface area contributed by atoms with Crippen molar-refractivity contribution in [2.75, 3.05) is 24.6 Å². The van der Waals surface area contributed by atoms with Crippen LogP contribution in [-0.2, 0) is 9.59 Å². The van der Waals surface area contributed by atoms with Gasteiger partial charge in [0.2, 0.25) is 11.8 Å². The SMILES string of the molecule is O=C1CC(C(=O)N2CCC[C@@H]2CO)CN1c1ccccc1Cl. The molecule has 1 aromatic carbocycles. The fourth-order valence-electron chi connectivity index (χ4n) is 3.33. The number of amides is 2. The third-order valence-corrected chi connectivity index (χ3v) is 4.81. The molecule has 2 aliphatic heterocycles. The summed E-state index contributed by atoms with van der Waals surface area (Å²) >= 11 is 6.15. The Balaban J connectivity index is 1.75. The number of nitrogens with zero attached hydrogens (tertiary/aromatic N) is 2. The average Bonchev–Trinajstić information content (AvgIpc) is 3.13. The number of hydrogen-bond donors (Lipinski definition) is 1. The molecule has 1 unspecified atom stereocenters. The first-order valence-corrected chi connectivity index (χ1v) is 7.96. The molecule has 0 aromatic heterocycles. The van der Waals surface area contributed by atoms with Gasteiger partial charge in [-0.1, -0.05) is 23.7 Å². The van der Waals surface area contributed by atoms with E-state index in [-0.39, 0.29) is 36.8 Å². The van der Waals surface area contributed by atoms with Gasteiger partial charge in [0.1, 0.15) is 0 Å². The summed E-state index contributed by atoms with van der Waals surface area (Å²) in [6, 6.07) is 7.06. The quantitative estimate of drug-likeness (QED) is 0.921. The molecule has 1 N–H and O–H groups in total. The molecule has 3 rings (SSSR count). The number of carbonyl (C=O) groups excluding carboxylic acids is 2. The second-order valence-corrected chi connectivity index (χ2v) is 6.27. The van der Waals surface area contributed by atoms with Crippen molar-refractivity contribution in [3.05, 3.63) is 29.3 Å². The highest BCUT2D eigenvalue weighted by Crippen LogP contribution is 2.32. The number of rotatable bonds is 3. The van der Waals surface area contributed by atoms with Gasteiger partial charge in [0, 0.05) is 19.5 Å². The van der Waals surface area contributed by atoms with Crippen molar-refractivity contribution < 1.29 is 14.7 Å². The average molecular weight is 323 g/mol. The van der Waals surface area contributed by atoms with Crippen LogP contribution in [0.1, 0.15) is 19.3 Å². The number of para-hydroxylation sites is 1. The van der Waals surface area contributed by atoms with Gasteiger partial charge < -0.3 is 14.9 Å². The highest BCUT2D eigenvalue weighted by atomic mass is 35.5. The molecule has 0 saturated carbocycles. The van der Waals surface area contributed by atoms with E-state index in [1.807, 2.05) is 12.1 Å². The summed E-state index contributed by atoms with van der Waals surface area (Å²) in [6.45, 7) is 1.01. The van der Waals surface area contributed by atoms with Crippen LogP contribution in [0.4, 0.5) is 5.69 Å². The number of anilines is 1. The van der Waals surface area contributed by atoms with Gasteiger partial charge in [-0.15, -0.1) is 0 Å². The number of halogens is 1. The lowest BCUT2D eigenvalue weighted by molar-refractivity contribution is -0.137. The number of carbonyl (C=O) groups is 2. The lowest BCUT2D eigenvalue weighted by atomic mass is 10.1. The van der Waals surface area contributed by atoms with E-state index in [0.29, 0.717) is 23.8 Å². The second-order valence-electron chi connectivity index (χ2n) is 5.87. The van der Waals surface area contributed by atoms with Gasteiger partial charge in [0.15, 0.2) is 0 Å². The van der Waals surface area contributed by atoms with E-state index < -0.39 is 0 Å². The van der Waals surface area contributed by atoms with Crippen molar-refractivity contribution in [2.24, 2.45) is 5.92 Å². The van der Waals surface area contributed by atoms with Crippen molar-refractivity contribution >= 4 is 29.1 Å². The van der Waals surface area contributed by atoms with Crippen LogP contribution in [-0.4, -0.2) is 47.6 Å². The number of benzene rings is 1. The van der Waals surface area contributed by atoms with E-state index in [1.165, 1.54) is 0 Å². The number of aliphatic hydroxyl groups is 1. The van der Waals surface area contributed by atoms with Crippen molar-refractivity contribution in [1.82, 2.24) is 4.90 Å². The Kier molecular flexibility index (Phi) is 4.36. The smallest absolute Gasteiger partial charge is 0.228 e. The zero-order chi connectivity index (χ0) is 15.7. The maximum absolute atomic E-state index is 12.6. The molecule has 2 atom stereocenters. The number of aliphatic hydroxyl groups excluding tert-OH is 1. The van der Waals surface area contributed by atoms with Crippen molar-refractivity contribution in [2.45, 2.75) is 25.3 Å². The Bertz CT molecular complexity index is 593. The van der Waals surface area contributed by atoms with E-state index in [9.17, 15) is 14.7 Å². The van der Waals surface area contributed by atoms with E-state index >= 15 is 0 Å². The molecule has 1 aromatic rings. The molecule has 0 radical (unpaired) electrons. The summed E-state index contributed by atoms with van der Waals surface area (Å²) in [4.78, 5) is 28.2. The predicted octanol–water partition coefficient (Wildman–Crippen LogP) is 1.68. The summed E-state index contributed by atoms with van der Waals surface area (Å²) in [5.41, 5.74) is 0.657. The van der Waals surface area contributed by atoms with Crippen molar-refractivity contribution in [1.29, 1.82) is 0 Å². The van der Waals surface area contributed by atoms with Crippen LogP contribution in [0.25, 0.3) is 0 Å². The van der Waals surface area contributed by atoms with Crippen LogP contribution in [0.2, 0.25) is 5.02 Å². The van der Waals surface area contributed by atoms with Crippen molar-refractivity contribution in [3.8, 4) is 0 Å². The van der Waals surface area contributed by atoms with E-state index in [4.69, 9.17) is 11.6 Å². The van der Waals surface area contributed by atoms with Crippen LogP contribution >= 0.6 is 11.6 Å². The molecule has 118 valence electrons. The molecule has 2 fully saturated rings. The van der Waals surface area contributed by atoms with E-state index in [0.717, 1.165) is 12.8 Å². The Morgan fingerprint density at radius 2 is 2.14 bits per heavy atom. The molecule has 0 aliphatic carbocycles. The summed E-state index contributed by atoms with van der Waals surface area (Å²) in [5, 5.41) is 9.87. The highest BCUT2D eigenvalue weighted by Gasteiger charge is 2.40. The first kappa shape index (κ1) is 15.3. The Hall–Kier alpha value is -1.59. The van der Waals surface area contributed by atoms with Crippen LogP contribution in [0, 0.1) is 5.92 Å². The topological polar surface area (TPSA) is 60.9 Å². The fourth-order valence-corrected chi connectivity index (χ4v) is 3.56. The highest BCUT2D eigenvalue weighted by molar-refractivity contribution is 6.33. The summed E-state index contributed by atoms with van der Waals surface area (Å²) in [6.07, 6.45) is 1.95. The summed E-state index contributed by atoms with van der Waals surface area (Å²) in [5.74, 6) is -0.457. The Morgan fingerprint density at radius 3 is 2.86 bits per heavy atom. The minimum absolute atomic E-state index is 0.0133. The normalized spacial score (nSPS) is 25.1. The molecule has 6 heteroatoms. The molecular weight excluding hydrogens is 304 g/mol. The minimum Gasteiger partial charge on any atom is -0.394 e. The summed E-state index contributed by atoms with van der Waals surface area (Å²) < 4.78 is 0. The molecule has 22 heavy (non-hydrogen) atoms. The van der Waals surface area contributed by atoms with Crippen LogP contribution < -0.4 is 4.90 Å². The molecule has 0 spiro atoms. The van der Waals surface area contributed by atoms with Crippen molar-refractivity contribution in [3.63, 3.8) is 0 Å². The first-order chi connectivity index (χ1) is 10.6. The maximum Gasteiger partial charge on any atom is 0.228 e. The van der Waals surface area contributed by atoms with E-state index in [1.54, 1.807) is 21.9 Å². The lowest BCUT2D eigenvalue weighted by Crippen LogP contribution is -2.42. The summed E-state index contributed by atoms with van der Waals surface area (Å²) in [7, 11) is 0. The van der Waals surface area contributed by atoms with Gasteiger partial charge in [-0.3, -0.25) is 9.59 Å². The molecule has 0 bridgehead atoms. The van der Waals surface area contributed by atoms with Gasteiger partial charge in [0.25, 0.3) is 0 Å². The van der Waals surface area contributed by atoms with Crippen LogP contribution in [0.5, 0.6) is 0 Å². The molecule has 2 amide bonds. The second kappa shape index (κ2) is 6.26. The zero-order valence-electron chi connectivity index (χ0n) is 12.2. The third-order valence-electron chi connectivity index (χ3n) is 4.49. The molecule has 2 aliphatic rings. The molecule has 5 nitrogen and oxygen atoms in total. The Morgan fingerprint density at radius 1 is 1.36 bits per heavy atom. The predicted molar refractivity (Wildman–Crippen MR) is 83.7 cm³/mol. The zero-order valence-corrected chi connectivity index (χ0v) is 13.0. The van der Waals surface area contributed by atoms with Crippen LogP contribution in [0.3, 0.4) is 0 Å². The van der Waals surface area contributed by atoms with E-state index in [2.05, 4.69) is 0 Å². The fraction of sp³-hybridized carbons (Fsp3) is 0.500. The van der Waals surface area contributed by atoms with Gasteiger partial charge in [-0.05, 0) is 25.0 Å². The lowest BCUT2D eigenvalue weighted by Gasteiger charge is -2.26. The maximum atomic E-state index is 12.6. The number of hydrogen-bond acceptors (Lipinski definition) is 3. The third kappa shape index (κ3) is 2.71. The Labute approximate surface area is 134 Å². The van der Waals surface area contributed by atoms with Gasteiger partial charge in [-0.2, -0.15) is 0 Å². The van der Waals surface area contributed by atoms with Gasteiger partial charge in [-0.25, -0.2) is 0 Å².